The molecule has 1 saturated heterocycles. The molecule has 2 aromatic carbocycles. The van der Waals surface area contributed by atoms with Crippen LogP contribution in [-0.4, -0.2) is 31.2 Å². The second kappa shape index (κ2) is 8.87. The number of halogens is 1. The van der Waals surface area contributed by atoms with Crippen molar-refractivity contribution < 1.29 is 13.2 Å². The molecular formula is C20H23ClN2O3S. The van der Waals surface area contributed by atoms with Crippen molar-refractivity contribution in [1.29, 1.82) is 0 Å². The Labute approximate surface area is 165 Å². The number of rotatable bonds is 6. The number of hydrogen-bond acceptors (Lipinski definition) is 3. The largest absolute Gasteiger partial charge is 0.352 e. The highest BCUT2D eigenvalue weighted by Gasteiger charge is 2.34. The molecule has 1 aliphatic heterocycles. The first kappa shape index (κ1) is 19.9. The fourth-order valence-corrected chi connectivity index (χ4v) is 5.15. The number of benzene rings is 2. The normalized spacial score (nSPS) is 18.2. The summed E-state index contributed by atoms with van der Waals surface area (Å²) in [4.78, 5) is 12.7. The fraction of sp³-hybridized carbons (Fsp3) is 0.350. The number of nitrogens with one attached hydrogen (secondary N) is 1. The van der Waals surface area contributed by atoms with Gasteiger partial charge in [0.05, 0.1) is 4.90 Å². The SMILES string of the molecule is O=C(C[C@H]1CCCCN1S(=O)(=O)c1ccccc1)NCc1ccc(Cl)cc1. The van der Waals surface area contributed by atoms with Gasteiger partial charge in [-0.1, -0.05) is 48.4 Å². The van der Waals surface area contributed by atoms with Crippen LogP contribution in [0.15, 0.2) is 59.5 Å². The lowest BCUT2D eigenvalue weighted by Crippen LogP contribution is -2.45. The van der Waals surface area contributed by atoms with E-state index in [1.165, 1.54) is 4.31 Å². The molecular weight excluding hydrogens is 384 g/mol. The van der Waals surface area contributed by atoms with Crippen LogP contribution >= 0.6 is 11.6 Å². The predicted octanol–water partition coefficient (Wildman–Crippen LogP) is 3.59. The minimum absolute atomic E-state index is 0.148. The van der Waals surface area contributed by atoms with Crippen LogP contribution in [0.2, 0.25) is 5.02 Å². The molecule has 1 aliphatic rings. The minimum atomic E-state index is -3.59. The van der Waals surface area contributed by atoms with Gasteiger partial charge < -0.3 is 5.32 Å². The summed E-state index contributed by atoms with van der Waals surface area (Å²) in [7, 11) is -3.59. The van der Waals surface area contributed by atoms with Crippen LogP contribution in [0.1, 0.15) is 31.2 Å². The number of carbonyl (C=O) groups excluding carboxylic acids is 1. The summed E-state index contributed by atoms with van der Waals surface area (Å²) in [6.07, 6.45) is 2.60. The lowest BCUT2D eigenvalue weighted by Gasteiger charge is -2.34. The molecule has 2 aromatic rings. The average molecular weight is 407 g/mol. The summed E-state index contributed by atoms with van der Waals surface area (Å²) in [6, 6.07) is 15.4. The van der Waals surface area contributed by atoms with Crippen molar-refractivity contribution in [1.82, 2.24) is 9.62 Å². The summed E-state index contributed by atoms with van der Waals surface area (Å²) in [5.41, 5.74) is 0.949. The van der Waals surface area contributed by atoms with Gasteiger partial charge in [0.2, 0.25) is 15.9 Å². The van der Waals surface area contributed by atoms with Crippen LogP contribution in [-0.2, 0) is 21.4 Å². The third-order valence-corrected chi connectivity index (χ3v) is 6.96. The van der Waals surface area contributed by atoms with E-state index in [0.717, 1.165) is 18.4 Å². The Morgan fingerprint density at radius 2 is 1.78 bits per heavy atom. The van der Waals surface area contributed by atoms with Crippen LogP contribution < -0.4 is 5.32 Å². The lowest BCUT2D eigenvalue weighted by molar-refractivity contribution is -0.122. The minimum Gasteiger partial charge on any atom is -0.352 e. The van der Waals surface area contributed by atoms with E-state index in [1.807, 2.05) is 12.1 Å². The zero-order chi connectivity index (χ0) is 19.3. The van der Waals surface area contributed by atoms with E-state index < -0.39 is 10.0 Å². The van der Waals surface area contributed by atoms with Crippen LogP contribution in [0.25, 0.3) is 0 Å². The number of amides is 1. The molecule has 0 aromatic heterocycles. The molecule has 0 bridgehead atoms. The van der Waals surface area contributed by atoms with Gasteiger partial charge in [-0.3, -0.25) is 4.79 Å². The molecule has 27 heavy (non-hydrogen) atoms. The monoisotopic (exact) mass is 406 g/mol. The van der Waals surface area contributed by atoms with E-state index in [1.54, 1.807) is 42.5 Å². The van der Waals surface area contributed by atoms with Crippen molar-refractivity contribution in [3.05, 3.63) is 65.2 Å². The Morgan fingerprint density at radius 3 is 2.48 bits per heavy atom. The standard InChI is InChI=1S/C20H23ClN2O3S/c21-17-11-9-16(10-12-17)15-22-20(24)14-18-6-4-5-13-23(18)27(25,26)19-7-2-1-3-8-19/h1-3,7-12,18H,4-6,13-15H2,(H,22,24)/t18-/m1/s1. The molecule has 5 nitrogen and oxygen atoms in total. The van der Waals surface area contributed by atoms with Crippen molar-refractivity contribution in [2.24, 2.45) is 0 Å². The summed E-state index contributed by atoms with van der Waals surface area (Å²) in [6.45, 7) is 0.848. The summed E-state index contributed by atoms with van der Waals surface area (Å²) < 4.78 is 27.4. The second-order valence-electron chi connectivity index (χ2n) is 6.69. The van der Waals surface area contributed by atoms with Crippen LogP contribution in [0, 0.1) is 0 Å². The van der Waals surface area contributed by atoms with Crippen molar-refractivity contribution in [3.8, 4) is 0 Å². The van der Waals surface area contributed by atoms with Gasteiger partial charge in [0.25, 0.3) is 0 Å². The molecule has 1 fully saturated rings. The van der Waals surface area contributed by atoms with E-state index in [4.69, 9.17) is 11.6 Å². The Balaban J connectivity index is 1.65. The quantitative estimate of drug-likeness (QED) is 0.797. The molecule has 0 radical (unpaired) electrons. The molecule has 0 unspecified atom stereocenters. The number of piperidine rings is 1. The summed E-state index contributed by atoms with van der Waals surface area (Å²) in [5, 5.41) is 3.52. The number of carbonyl (C=O) groups is 1. The smallest absolute Gasteiger partial charge is 0.243 e. The summed E-state index contributed by atoms with van der Waals surface area (Å²) >= 11 is 5.86. The van der Waals surface area contributed by atoms with Crippen molar-refractivity contribution in [2.45, 2.75) is 43.2 Å². The first-order valence-electron chi connectivity index (χ1n) is 9.05. The molecule has 1 heterocycles. The Bertz CT molecular complexity index is 870. The number of sulfonamides is 1. The maximum absolute atomic E-state index is 13.0. The van der Waals surface area contributed by atoms with Crippen LogP contribution in [0.4, 0.5) is 0 Å². The van der Waals surface area contributed by atoms with Gasteiger partial charge in [0.15, 0.2) is 0 Å². The highest BCUT2D eigenvalue weighted by atomic mass is 35.5. The van der Waals surface area contributed by atoms with Gasteiger partial charge in [-0.2, -0.15) is 4.31 Å². The van der Waals surface area contributed by atoms with Crippen molar-refractivity contribution >= 4 is 27.5 Å². The van der Waals surface area contributed by atoms with Gasteiger partial charge in [-0.05, 0) is 42.7 Å². The van der Waals surface area contributed by atoms with Gasteiger partial charge in [0, 0.05) is 30.6 Å². The Morgan fingerprint density at radius 1 is 1.07 bits per heavy atom. The van der Waals surface area contributed by atoms with E-state index in [9.17, 15) is 13.2 Å². The molecule has 0 aliphatic carbocycles. The van der Waals surface area contributed by atoms with Gasteiger partial charge in [-0.15, -0.1) is 0 Å². The van der Waals surface area contributed by atoms with E-state index in [0.29, 0.717) is 24.5 Å². The third kappa shape index (κ3) is 5.09. The zero-order valence-corrected chi connectivity index (χ0v) is 16.5. The topological polar surface area (TPSA) is 66.5 Å². The molecule has 0 saturated carbocycles. The third-order valence-electron chi connectivity index (χ3n) is 4.75. The molecule has 7 heteroatoms. The maximum atomic E-state index is 13.0. The van der Waals surface area contributed by atoms with Gasteiger partial charge >= 0.3 is 0 Å². The predicted molar refractivity (Wildman–Crippen MR) is 106 cm³/mol. The Hall–Kier alpha value is -1.89. The molecule has 3 rings (SSSR count). The first-order valence-corrected chi connectivity index (χ1v) is 10.9. The maximum Gasteiger partial charge on any atom is 0.243 e. The molecule has 0 spiro atoms. The van der Waals surface area contributed by atoms with Crippen molar-refractivity contribution in [2.75, 3.05) is 6.54 Å². The average Bonchev–Trinajstić information content (AvgIpc) is 2.68. The Kier molecular flexibility index (Phi) is 6.52. The summed E-state index contributed by atoms with van der Waals surface area (Å²) in [5.74, 6) is -0.148. The van der Waals surface area contributed by atoms with Gasteiger partial charge in [0.1, 0.15) is 0 Å². The van der Waals surface area contributed by atoms with E-state index >= 15 is 0 Å². The zero-order valence-electron chi connectivity index (χ0n) is 15.0. The van der Waals surface area contributed by atoms with E-state index in [-0.39, 0.29) is 23.3 Å². The molecule has 1 atom stereocenters. The lowest BCUT2D eigenvalue weighted by atomic mass is 10.0. The van der Waals surface area contributed by atoms with Gasteiger partial charge in [-0.25, -0.2) is 8.42 Å². The van der Waals surface area contributed by atoms with Crippen LogP contribution in [0.3, 0.4) is 0 Å². The molecule has 1 amide bonds. The number of nitrogens with zero attached hydrogens (tertiary/aromatic N) is 1. The second-order valence-corrected chi connectivity index (χ2v) is 9.01. The first-order chi connectivity index (χ1) is 13.0. The highest BCUT2D eigenvalue weighted by molar-refractivity contribution is 7.89. The molecule has 144 valence electrons. The van der Waals surface area contributed by atoms with E-state index in [2.05, 4.69) is 5.32 Å². The molecule has 1 N–H and O–H groups in total. The fourth-order valence-electron chi connectivity index (χ4n) is 3.31. The van der Waals surface area contributed by atoms with Crippen molar-refractivity contribution in [3.63, 3.8) is 0 Å². The highest BCUT2D eigenvalue weighted by Crippen LogP contribution is 2.27. The number of hydrogen-bond donors (Lipinski definition) is 1. The van der Waals surface area contributed by atoms with Crippen LogP contribution in [0.5, 0.6) is 0 Å².